The molecule has 10 heteroatoms. The second kappa shape index (κ2) is 25.7. The van der Waals surface area contributed by atoms with Gasteiger partial charge < -0.3 is 35.5 Å². The highest BCUT2D eigenvalue weighted by Crippen LogP contribution is 2.18. The highest BCUT2D eigenvalue weighted by molar-refractivity contribution is 5.84. The Morgan fingerprint density at radius 2 is 1.40 bits per heavy atom. The van der Waals surface area contributed by atoms with Gasteiger partial charge in [0.15, 0.2) is 0 Å². The van der Waals surface area contributed by atoms with Gasteiger partial charge in [0.2, 0.25) is 0 Å². The van der Waals surface area contributed by atoms with E-state index in [4.69, 9.17) is 30.5 Å². The molecule has 1 unspecified atom stereocenters. The summed E-state index contributed by atoms with van der Waals surface area (Å²) in [5.41, 5.74) is 7.43. The summed E-state index contributed by atoms with van der Waals surface area (Å²) in [6, 6.07) is 6.91. The number of aromatic amines is 1. The Morgan fingerprint density at radius 3 is 1.95 bits per heavy atom. The summed E-state index contributed by atoms with van der Waals surface area (Å²) >= 11 is 0. The molecular formula is C32H54N2O8. The Hall–Kier alpha value is -2.95. The molecular weight excluding hydrogens is 540 g/mol. The Kier molecular flexibility index (Phi) is 23.9. The van der Waals surface area contributed by atoms with Gasteiger partial charge in [-0.25, -0.2) is 0 Å². The Bertz CT molecular complexity index is 976. The molecule has 42 heavy (non-hydrogen) atoms. The minimum absolute atomic E-state index is 0.125. The van der Waals surface area contributed by atoms with Crippen molar-refractivity contribution in [1.29, 1.82) is 0 Å². The topological polar surface area (TPSA) is 172 Å². The van der Waals surface area contributed by atoms with Crippen LogP contribution >= 0.6 is 0 Å². The number of aliphatic carboxylic acids is 1. The fourth-order valence-corrected chi connectivity index (χ4v) is 3.97. The summed E-state index contributed by atoms with van der Waals surface area (Å²) in [6.45, 7) is 6.02. The smallest absolute Gasteiger partial charge is 0.320 e. The van der Waals surface area contributed by atoms with E-state index in [0.717, 1.165) is 42.1 Å². The van der Waals surface area contributed by atoms with Gasteiger partial charge in [0.1, 0.15) is 18.8 Å². The number of unbranched alkanes of at least 4 members (excludes halogenated alkanes) is 8. The van der Waals surface area contributed by atoms with Gasteiger partial charge in [-0.05, 0) is 31.4 Å². The molecule has 6 N–H and O–H groups in total. The average molecular weight is 595 g/mol. The van der Waals surface area contributed by atoms with Crippen molar-refractivity contribution in [1.82, 2.24) is 4.98 Å². The number of carbonyl (C=O) groups is 3. The quantitative estimate of drug-likeness (QED) is 0.107. The third-order valence-corrected chi connectivity index (χ3v) is 6.31. The van der Waals surface area contributed by atoms with Crippen LogP contribution in [0.5, 0.6) is 0 Å². The minimum atomic E-state index is -0.972. The van der Waals surface area contributed by atoms with Crippen LogP contribution in [0.15, 0.2) is 30.5 Å². The van der Waals surface area contributed by atoms with E-state index in [1.54, 1.807) is 6.92 Å². The fraction of sp³-hybridized carbons (Fsp3) is 0.656. The van der Waals surface area contributed by atoms with E-state index in [1.807, 2.05) is 30.5 Å². The lowest BCUT2D eigenvalue weighted by atomic mass is 10.1. The summed E-state index contributed by atoms with van der Waals surface area (Å²) in [7, 11) is 0. The summed E-state index contributed by atoms with van der Waals surface area (Å²) in [4.78, 5) is 36.9. The van der Waals surface area contributed by atoms with Gasteiger partial charge in [-0.1, -0.05) is 83.4 Å². The molecule has 0 saturated carbocycles. The van der Waals surface area contributed by atoms with Crippen molar-refractivity contribution in [3.05, 3.63) is 36.0 Å². The first-order valence-electron chi connectivity index (χ1n) is 15.3. The maximum Gasteiger partial charge on any atom is 0.320 e. The third kappa shape index (κ3) is 20.0. The molecule has 0 aliphatic heterocycles. The molecule has 2 rings (SSSR count). The van der Waals surface area contributed by atoms with E-state index in [0.29, 0.717) is 19.3 Å². The Morgan fingerprint density at radius 1 is 0.857 bits per heavy atom. The molecule has 2 aromatic rings. The monoisotopic (exact) mass is 594 g/mol. The molecule has 2 atom stereocenters. The predicted octanol–water partition coefficient (Wildman–Crippen LogP) is 5.28. The van der Waals surface area contributed by atoms with Crippen LogP contribution < -0.4 is 5.73 Å². The van der Waals surface area contributed by atoms with Crippen LogP contribution in [-0.4, -0.2) is 70.2 Å². The predicted molar refractivity (Wildman–Crippen MR) is 165 cm³/mol. The van der Waals surface area contributed by atoms with E-state index < -0.39 is 12.0 Å². The number of aromatic nitrogens is 1. The number of nitrogens with one attached hydrogen (secondary N) is 1. The molecule has 1 aromatic heterocycles. The number of nitrogens with two attached hydrogens (primary N) is 1. The molecule has 0 radical (unpaired) electrons. The Balaban J connectivity index is 0.000000750. The van der Waals surface area contributed by atoms with Crippen LogP contribution in [0.1, 0.15) is 103 Å². The van der Waals surface area contributed by atoms with Crippen molar-refractivity contribution in [3.8, 4) is 0 Å². The third-order valence-electron chi connectivity index (χ3n) is 6.31. The van der Waals surface area contributed by atoms with Gasteiger partial charge in [0.05, 0.1) is 13.2 Å². The highest BCUT2D eigenvalue weighted by atomic mass is 16.6. The number of fused-ring (bicyclic) bond motifs is 1. The number of carboxylic acids is 1. The van der Waals surface area contributed by atoms with Crippen molar-refractivity contribution in [3.63, 3.8) is 0 Å². The van der Waals surface area contributed by atoms with Gasteiger partial charge in [-0.3, -0.25) is 14.4 Å². The van der Waals surface area contributed by atoms with Gasteiger partial charge in [-0.15, -0.1) is 0 Å². The van der Waals surface area contributed by atoms with E-state index in [2.05, 4.69) is 18.8 Å². The normalized spacial score (nSPS) is 11.9. The maximum atomic E-state index is 11.6. The van der Waals surface area contributed by atoms with Crippen molar-refractivity contribution in [2.75, 3.05) is 19.8 Å². The van der Waals surface area contributed by atoms with Crippen molar-refractivity contribution >= 4 is 28.8 Å². The summed E-state index contributed by atoms with van der Waals surface area (Å²) < 4.78 is 10.4. The van der Waals surface area contributed by atoms with Crippen LogP contribution in [0.2, 0.25) is 0 Å². The standard InChI is InChI=1S/C19H36O4.C11H12N2O2.C2H6O2/c1-4-6-8-10-12-14-18(20)22-16-17(3)23-19(21)15-13-11-9-7-5-2;12-9(11(14)15)5-7-6-13-10-4-2-1-3-8(7)10;3-1-2-4/h17H,4-16H2,1-3H3;1-4,6,9,13H,5,12H2,(H,14,15);3-4H,1-2H2/t;9-;/m.0./s1. The van der Waals surface area contributed by atoms with Crippen molar-refractivity contribution < 1.29 is 39.2 Å². The van der Waals surface area contributed by atoms with Crippen LogP contribution in [0, 0.1) is 0 Å². The minimum Gasteiger partial charge on any atom is -0.480 e. The number of para-hydroxylation sites is 1. The van der Waals surface area contributed by atoms with E-state index in [9.17, 15) is 14.4 Å². The number of aliphatic hydroxyl groups is 2. The molecule has 0 spiro atoms. The fourth-order valence-electron chi connectivity index (χ4n) is 3.97. The number of hydrogen-bond acceptors (Lipinski definition) is 8. The zero-order valence-electron chi connectivity index (χ0n) is 25.8. The maximum absolute atomic E-state index is 11.6. The zero-order chi connectivity index (χ0) is 31.6. The lowest BCUT2D eigenvalue weighted by Crippen LogP contribution is -2.32. The number of carbonyl (C=O) groups excluding carboxylic acids is 2. The number of ether oxygens (including phenoxy) is 2. The first kappa shape index (κ1) is 39.0. The van der Waals surface area contributed by atoms with Gasteiger partial charge in [-0.2, -0.15) is 0 Å². The van der Waals surface area contributed by atoms with E-state index in [-0.39, 0.29) is 37.9 Å². The van der Waals surface area contributed by atoms with E-state index >= 15 is 0 Å². The number of rotatable bonds is 19. The van der Waals surface area contributed by atoms with Crippen molar-refractivity contribution in [2.45, 2.75) is 116 Å². The molecule has 240 valence electrons. The zero-order valence-corrected chi connectivity index (χ0v) is 25.8. The number of benzene rings is 1. The van der Waals surface area contributed by atoms with Gasteiger partial charge >= 0.3 is 17.9 Å². The van der Waals surface area contributed by atoms with Gasteiger partial charge in [0.25, 0.3) is 0 Å². The molecule has 0 saturated heterocycles. The number of aliphatic hydroxyl groups excluding tert-OH is 2. The second-order valence-electron chi connectivity index (χ2n) is 10.3. The van der Waals surface area contributed by atoms with Crippen LogP contribution in [0.4, 0.5) is 0 Å². The lowest BCUT2D eigenvalue weighted by molar-refractivity contribution is -0.158. The molecule has 1 aromatic carbocycles. The molecule has 1 heterocycles. The first-order valence-corrected chi connectivity index (χ1v) is 15.3. The van der Waals surface area contributed by atoms with Crippen LogP contribution in [-0.2, 0) is 30.3 Å². The molecule has 10 nitrogen and oxygen atoms in total. The SMILES string of the molecule is CCCCCCCC(=O)OCC(C)OC(=O)CCCCCCC.N[C@@H](Cc1c[nH]c2ccccc12)C(=O)O.OCCO. The van der Waals surface area contributed by atoms with E-state index in [1.165, 1.54) is 38.5 Å². The summed E-state index contributed by atoms with van der Waals surface area (Å²) in [5.74, 6) is -1.35. The second-order valence-corrected chi connectivity index (χ2v) is 10.3. The molecule has 0 amide bonds. The highest BCUT2D eigenvalue weighted by Gasteiger charge is 2.14. The van der Waals surface area contributed by atoms with Crippen molar-refractivity contribution in [2.24, 2.45) is 5.73 Å². The van der Waals surface area contributed by atoms with Gasteiger partial charge in [0, 0.05) is 36.4 Å². The number of esters is 2. The molecule has 0 bridgehead atoms. The van der Waals surface area contributed by atoms with Crippen LogP contribution in [0.3, 0.4) is 0 Å². The number of carboxylic acid groups (broad SMARTS) is 1. The molecule has 0 fully saturated rings. The Labute approximate surface area is 251 Å². The average Bonchev–Trinajstić information content (AvgIpc) is 3.39. The summed E-state index contributed by atoms with van der Waals surface area (Å²) in [6.07, 6.45) is 13.8. The first-order chi connectivity index (χ1) is 20.2. The number of H-pyrrole nitrogens is 1. The molecule has 0 aliphatic rings. The lowest BCUT2D eigenvalue weighted by Gasteiger charge is -2.13. The largest absolute Gasteiger partial charge is 0.480 e. The molecule has 0 aliphatic carbocycles. The summed E-state index contributed by atoms with van der Waals surface area (Å²) in [5, 5.41) is 25.0. The number of hydrogen-bond donors (Lipinski definition) is 5. The van der Waals surface area contributed by atoms with Crippen LogP contribution in [0.25, 0.3) is 10.9 Å².